The van der Waals surface area contributed by atoms with Crippen LogP contribution >= 0.6 is 11.3 Å². The van der Waals surface area contributed by atoms with E-state index in [4.69, 9.17) is 4.74 Å². The van der Waals surface area contributed by atoms with Gasteiger partial charge in [-0.1, -0.05) is 0 Å². The van der Waals surface area contributed by atoms with Crippen LogP contribution in [-0.4, -0.2) is 52.4 Å². The molecule has 0 unspecified atom stereocenters. The number of aromatic nitrogens is 2. The molecule has 1 atom stereocenters. The standard InChI is InChI=1S/C19H26N4O2S/c1-14-3-4-16(26-14)11-23-12-19(13-23)15(7-10-25-19)5-8-20-18(24)17-6-9-21-22(17)2/h3-4,6,9,15H,5,7-8,10-13H2,1-2H3,(H,20,24)/t15-/m0/s1. The lowest BCUT2D eigenvalue weighted by molar-refractivity contribution is -0.136. The van der Waals surface area contributed by atoms with Crippen LogP contribution in [0.1, 0.15) is 33.1 Å². The highest BCUT2D eigenvalue weighted by atomic mass is 32.1. The molecule has 2 aromatic rings. The molecule has 1 N–H and O–H groups in total. The maximum Gasteiger partial charge on any atom is 0.269 e. The van der Waals surface area contributed by atoms with E-state index in [0.717, 1.165) is 39.1 Å². The monoisotopic (exact) mass is 374 g/mol. The molecule has 0 aliphatic carbocycles. The zero-order valence-electron chi connectivity index (χ0n) is 15.4. The molecule has 7 heteroatoms. The molecule has 4 heterocycles. The first kappa shape index (κ1) is 17.7. The number of carbonyl (C=O) groups excluding carboxylic acids is 1. The number of thiophene rings is 1. The van der Waals surface area contributed by atoms with Crippen molar-refractivity contribution in [3.05, 3.63) is 39.8 Å². The maximum atomic E-state index is 12.2. The predicted molar refractivity (Wildman–Crippen MR) is 101 cm³/mol. The van der Waals surface area contributed by atoms with E-state index in [0.29, 0.717) is 18.2 Å². The second kappa shape index (κ2) is 7.13. The highest BCUT2D eigenvalue weighted by Gasteiger charge is 2.52. The van der Waals surface area contributed by atoms with Crippen LogP contribution < -0.4 is 5.32 Å². The van der Waals surface area contributed by atoms with Gasteiger partial charge in [-0.3, -0.25) is 14.4 Å². The lowest BCUT2D eigenvalue weighted by atomic mass is 9.79. The lowest BCUT2D eigenvalue weighted by Crippen LogP contribution is -2.64. The van der Waals surface area contributed by atoms with E-state index in [1.54, 1.807) is 24.0 Å². The quantitative estimate of drug-likeness (QED) is 0.842. The summed E-state index contributed by atoms with van der Waals surface area (Å²) in [5, 5.41) is 7.07. The van der Waals surface area contributed by atoms with Crippen LogP contribution in [-0.2, 0) is 18.3 Å². The minimum atomic E-state index is -0.0544. The molecule has 0 saturated carbocycles. The number of hydrogen-bond acceptors (Lipinski definition) is 5. The number of nitrogens with one attached hydrogen (secondary N) is 1. The molecule has 4 rings (SSSR count). The van der Waals surface area contributed by atoms with E-state index in [1.807, 2.05) is 11.3 Å². The molecule has 0 aromatic carbocycles. The van der Waals surface area contributed by atoms with E-state index in [9.17, 15) is 4.79 Å². The predicted octanol–water partition coefficient (Wildman–Crippen LogP) is 2.20. The summed E-state index contributed by atoms with van der Waals surface area (Å²) in [5.74, 6) is 0.469. The molecular formula is C19H26N4O2S. The summed E-state index contributed by atoms with van der Waals surface area (Å²) in [5.41, 5.74) is 0.604. The lowest BCUT2D eigenvalue weighted by Gasteiger charge is -2.50. The Hall–Kier alpha value is -1.70. The van der Waals surface area contributed by atoms with Crippen molar-refractivity contribution in [2.24, 2.45) is 13.0 Å². The van der Waals surface area contributed by atoms with Gasteiger partial charge < -0.3 is 10.1 Å². The molecule has 1 amide bonds. The topological polar surface area (TPSA) is 59.4 Å². The summed E-state index contributed by atoms with van der Waals surface area (Å²) in [7, 11) is 1.78. The average molecular weight is 375 g/mol. The number of carbonyl (C=O) groups is 1. The normalized spacial score (nSPS) is 21.8. The maximum absolute atomic E-state index is 12.2. The van der Waals surface area contributed by atoms with Gasteiger partial charge in [0.05, 0.1) is 5.60 Å². The van der Waals surface area contributed by atoms with Crippen LogP contribution in [0, 0.1) is 12.8 Å². The Morgan fingerprint density at radius 3 is 2.96 bits per heavy atom. The number of aryl methyl sites for hydroxylation is 2. The second-order valence-electron chi connectivity index (χ2n) is 7.44. The van der Waals surface area contributed by atoms with Crippen molar-refractivity contribution in [1.82, 2.24) is 20.0 Å². The minimum absolute atomic E-state index is 0.00353. The van der Waals surface area contributed by atoms with Crippen LogP contribution in [0.3, 0.4) is 0 Å². The Bertz CT molecular complexity index is 778. The molecular weight excluding hydrogens is 348 g/mol. The van der Waals surface area contributed by atoms with Gasteiger partial charge in [0, 0.05) is 55.8 Å². The van der Waals surface area contributed by atoms with Crippen LogP contribution in [0.25, 0.3) is 0 Å². The number of rotatable bonds is 6. The van der Waals surface area contributed by atoms with Gasteiger partial charge in [-0.2, -0.15) is 5.10 Å². The van der Waals surface area contributed by atoms with Crippen molar-refractivity contribution >= 4 is 17.2 Å². The number of hydrogen-bond donors (Lipinski definition) is 1. The average Bonchev–Trinajstić information content (AvgIpc) is 3.28. The van der Waals surface area contributed by atoms with E-state index in [-0.39, 0.29) is 11.5 Å². The third kappa shape index (κ3) is 3.43. The minimum Gasteiger partial charge on any atom is -0.372 e. The summed E-state index contributed by atoms with van der Waals surface area (Å²) < 4.78 is 7.75. The van der Waals surface area contributed by atoms with Gasteiger partial charge in [0.15, 0.2) is 0 Å². The van der Waals surface area contributed by atoms with Crippen LogP contribution in [0.5, 0.6) is 0 Å². The van der Waals surface area contributed by atoms with E-state index >= 15 is 0 Å². The molecule has 2 aliphatic rings. The number of ether oxygens (including phenoxy) is 1. The van der Waals surface area contributed by atoms with Gasteiger partial charge in [-0.05, 0) is 43.9 Å². The largest absolute Gasteiger partial charge is 0.372 e. The Morgan fingerprint density at radius 2 is 2.27 bits per heavy atom. The summed E-state index contributed by atoms with van der Waals surface area (Å²) in [4.78, 5) is 17.5. The van der Waals surface area contributed by atoms with Crippen LogP contribution in [0.2, 0.25) is 0 Å². The van der Waals surface area contributed by atoms with E-state index in [1.165, 1.54) is 9.75 Å². The molecule has 0 radical (unpaired) electrons. The fourth-order valence-corrected chi connectivity index (χ4v) is 5.14. The summed E-state index contributed by atoms with van der Waals surface area (Å²) in [6.45, 7) is 6.71. The third-order valence-corrected chi connectivity index (χ3v) is 6.58. The number of amides is 1. The molecule has 2 aliphatic heterocycles. The molecule has 2 fully saturated rings. The zero-order valence-corrected chi connectivity index (χ0v) is 16.2. The van der Waals surface area contributed by atoms with Crippen molar-refractivity contribution in [3.8, 4) is 0 Å². The van der Waals surface area contributed by atoms with Gasteiger partial charge in [0.1, 0.15) is 5.69 Å². The molecule has 26 heavy (non-hydrogen) atoms. The third-order valence-electron chi connectivity index (χ3n) is 5.59. The SMILES string of the molecule is Cc1ccc(CN2CC3(C2)OCC[C@@H]3CCNC(=O)c2ccnn2C)s1. The fourth-order valence-electron chi connectivity index (χ4n) is 4.20. The number of nitrogens with zero attached hydrogens (tertiary/aromatic N) is 3. The fraction of sp³-hybridized carbons (Fsp3) is 0.579. The van der Waals surface area contributed by atoms with Gasteiger partial charge in [-0.15, -0.1) is 11.3 Å². The van der Waals surface area contributed by atoms with Gasteiger partial charge in [0.25, 0.3) is 5.91 Å². The van der Waals surface area contributed by atoms with Gasteiger partial charge in [-0.25, -0.2) is 0 Å². The van der Waals surface area contributed by atoms with Crippen LogP contribution in [0.4, 0.5) is 0 Å². The van der Waals surface area contributed by atoms with Crippen molar-refractivity contribution in [1.29, 1.82) is 0 Å². The molecule has 2 saturated heterocycles. The first-order valence-electron chi connectivity index (χ1n) is 9.23. The van der Waals surface area contributed by atoms with E-state index < -0.39 is 0 Å². The van der Waals surface area contributed by atoms with Crippen molar-refractivity contribution in [3.63, 3.8) is 0 Å². The molecule has 6 nitrogen and oxygen atoms in total. The molecule has 2 aromatic heterocycles. The first-order chi connectivity index (χ1) is 12.6. The Balaban J connectivity index is 1.25. The van der Waals surface area contributed by atoms with Gasteiger partial charge >= 0.3 is 0 Å². The van der Waals surface area contributed by atoms with E-state index in [2.05, 4.69) is 34.4 Å². The smallest absolute Gasteiger partial charge is 0.269 e. The first-order valence-corrected chi connectivity index (χ1v) is 10.1. The Morgan fingerprint density at radius 1 is 1.42 bits per heavy atom. The number of likely N-dealkylation sites (tertiary alicyclic amines) is 1. The summed E-state index contributed by atoms with van der Waals surface area (Å²) in [6, 6.07) is 6.16. The Labute approximate surface area is 158 Å². The van der Waals surface area contributed by atoms with Crippen molar-refractivity contribution in [2.45, 2.75) is 31.9 Å². The highest BCUT2D eigenvalue weighted by Crippen LogP contribution is 2.42. The second-order valence-corrected chi connectivity index (χ2v) is 8.81. The van der Waals surface area contributed by atoms with Gasteiger partial charge in [0.2, 0.25) is 0 Å². The van der Waals surface area contributed by atoms with Crippen molar-refractivity contribution in [2.75, 3.05) is 26.2 Å². The molecule has 140 valence electrons. The Kier molecular flexibility index (Phi) is 4.86. The molecule has 0 bridgehead atoms. The summed E-state index contributed by atoms with van der Waals surface area (Å²) in [6.07, 6.45) is 3.70. The van der Waals surface area contributed by atoms with Crippen molar-refractivity contribution < 1.29 is 9.53 Å². The highest BCUT2D eigenvalue weighted by molar-refractivity contribution is 7.11. The molecule has 1 spiro atoms. The zero-order chi connectivity index (χ0) is 18.1. The summed E-state index contributed by atoms with van der Waals surface area (Å²) >= 11 is 1.88. The van der Waals surface area contributed by atoms with Crippen LogP contribution in [0.15, 0.2) is 24.4 Å².